The lowest BCUT2D eigenvalue weighted by Gasteiger charge is -2.09. The van der Waals surface area contributed by atoms with E-state index in [4.69, 9.17) is 11.6 Å². The number of aryl methyl sites for hydroxylation is 1. The third-order valence-corrected chi connectivity index (χ3v) is 7.00. The molecular formula is C22H21ClN6O3S2. The van der Waals surface area contributed by atoms with E-state index in [1.165, 1.54) is 48.2 Å². The molecule has 1 aromatic carbocycles. The standard InChI is InChI=1S/C22H21ClN6O3S2/c1-2-3-16-5-4-15(14-24)22(26-16)33-13-12-21(30)25-17-6-8-18(9-7-17)34(31,32)29-20-11-10-19(23)27-28-20/h4-11H,2-3,12-13H2,1H3,(H,25,30)(H,28,29). The molecule has 0 aliphatic carbocycles. The van der Waals surface area contributed by atoms with Crippen LogP contribution in [0.1, 0.15) is 31.0 Å². The number of anilines is 2. The molecule has 9 nitrogen and oxygen atoms in total. The van der Waals surface area contributed by atoms with Crippen LogP contribution in [-0.2, 0) is 21.2 Å². The van der Waals surface area contributed by atoms with Gasteiger partial charge in [0.05, 0.1) is 10.5 Å². The summed E-state index contributed by atoms with van der Waals surface area (Å²) in [5.74, 6) is 0.246. The molecule has 2 heterocycles. The highest BCUT2D eigenvalue weighted by molar-refractivity contribution is 7.99. The quantitative estimate of drug-likeness (QED) is 0.381. The third kappa shape index (κ3) is 7.15. The van der Waals surface area contributed by atoms with Crippen LogP contribution in [0.3, 0.4) is 0 Å². The molecule has 0 atom stereocenters. The van der Waals surface area contributed by atoms with Gasteiger partial charge in [-0.25, -0.2) is 13.4 Å². The summed E-state index contributed by atoms with van der Waals surface area (Å²) in [6.45, 7) is 2.06. The van der Waals surface area contributed by atoms with E-state index in [2.05, 4.69) is 38.2 Å². The number of carbonyl (C=O) groups excluding carboxylic acids is 1. The molecule has 0 saturated carbocycles. The van der Waals surface area contributed by atoms with Gasteiger partial charge in [-0.2, -0.15) is 5.26 Å². The van der Waals surface area contributed by atoms with E-state index in [9.17, 15) is 18.5 Å². The van der Waals surface area contributed by atoms with E-state index in [0.29, 0.717) is 22.0 Å². The summed E-state index contributed by atoms with van der Waals surface area (Å²) in [4.78, 5) is 16.8. The first-order valence-electron chi connectivity index (χ1n) is 10.3. The molecule has 176 valence electrons. The maximum Gasteiger partial charge on any atom is 0.263 e. The molecule has 0 aliphatic heterocycles. The number of hydrogen-bond donors (Lipinski definition) is 2. The smallest absolute Gasteiger partial charge is 0.263 e. The zero-order valence-corrected chi connectivity index (χ0v) is 20.5. The lowest BCUT2D eigenvalue weighted by Crippen LogP contribution is -2.15. The summed E-state index contributed by atoms with van der Waals surface area (Å²) in [6, 6.07) is 14.3. The zero-order valence-electron chi connectivity index (χ0n) is 18.2. The summed E-state index contributed by atoms with van der Waals surface area (Å²) < 4.78 is 27.3. The van der Waals surface area contributed by atoms with Crippen molar-refractivity contribution in [3.8, 4) is 6.07 Å². The largest absolute Gasteiger partial charge is 0.326 e. The number of aromatic nitrogens is 3. The Balaban J connectivity index is 1.54. The van der Waals surface area contributed by atoms with Gasteiger partial charge < -0.3 is 5.32 Å². The molecule has 3 aromatic rings. The highest BCUT2D eigenvalue weighted by atomic mass is 35.5. The Morgan fingerprint density at radius 3 is 2.53 bits per heavy atom. The van der Waals surface area contributed by atoms with Crippen LogP contribution in [-0.4, -0.2) is 35.3 Å². The number of thioether (sulfide) groups is 1. The summed E-state index contributed by atoms with van der Waals surface area (Å²) in [6.07, 6.45) is 1.98. The second kappa shape index (κ2) is 11.8. The lowest BCUT2D eigenvalue weighted by atomic mass is 10.2. The van der Waals surface area contributed by atoms with Crippen molar-refractivity contribution in [1.82, 2.24) is 15.2 Å². The summed E-state index contributed by atoms with van der Waals surface area (Å²) in [5.41, 5.74) is 1.86. The molecule has 0 fully saturated rings. The van der Waals surface area contributed by atoms with Gasteiger partial charge in [0.15, 0.2) is 11.0 Å². The van der Waals surface area contributed by atoms with Crippen molar-refractivity contribution in [2.75, 3.05) is 15.8 Å². The van der Waals surface area contributed by atoms with Crippen LogP contribution in [0.25, 0.3) is 0 Å². The molecule has 0 aliphatic rings. The molecule has 2 N–H and O–H groups in total. The molecule has 34 heavy (non-hydrogen) atoms. The molecule has 0 bridgehead atoms. The van der Waals surface area contributed by atoms with Crippen LogP contribution in [0, 0.1) is 11.3 Å². The van der Waals surface area contributed by atoms with Crippen molar-refractivity contribution >= 4 is 50.8 Å². The highest BCUT2D eigenvalue weighted by Crippen LogP contribution is 2.22. The minimum atomic E-state index is -3.88. The van der Waals surface area contributed by atoms with Gasteiger partial charge >= 0.3 is 0 Å². The first-order chi connectivity index (χ1) is 16.3. The Labute approximate surface area is 207 Å². The molecule has 0 radical (unpaired) electrons. The van der Waals surface area contributed by atoms with E-state index in [-0.39, 0.29) is 28.2 Å². The summed E-state index contributed by atoms with van der Waals surface area (Å²) in [7, 11) is -3.88. The van der Waals surface area contributed by atoms with Crippen LogP contribution < -0.4 is 10.0 Å². The number of rotatable bonds is 10. The minimum absolute atomic E-state index is 0.000118. The first kappa shape index (κ1) is 25.4. The maximum absolute atomic E-state index is 12.5. The van der Waals surface area contributed by atoms with Crippen molar-refractivity contribution in [3.05, 3.63) is 64.9 Å². The van der Waals surface area contributed by atoms with E-state index in [1.54, 1.807) is 6.07 Å². The molecule has 1 amide bonds. The Morgan fingerprint density at radius 2 is 1.88 bits per heavy atom. The molecule has 0 saturated heterocycles. The van der Waals surface area contributed by atoms with Crippen LogP contribution in [0.4, 0.5) is 11.5 Å². The molecule has 12 heteroatoms. The van der Waals surface area contributed by atoms with Gasteiger partial charge in [-0.05, 0) is 55.0 Å². The van der Waals surface area contributed by atoms with E-state index < -0.39 is 10.0 Å². The fourth-order valence-electron chi connectivity index (χ4n) is 2.82. The number of amides is 1. The number of carbonyl (C=O) groups is 1. The second-order valence-electron chi connectivity index (χ2n) is 7.03. The lowest BCUT2D eigenvalue weighted by molar-refractivity contribution is -0.115. The first-order valence-corrected chi connectivity index (χ1v) is 13.1. The highest BCUT2D eigenvalue weighted by Gasteiger charge is 2.15. The Hall–Kier alpha value is -3.20. The molecule has 3 rings (SSSR count). The fraction of sp³-hybridized carbons (Fsp3) is 0.227. The van der Waals surface area contributed by atoms with Gasteiger partial charge in [0.25, 0.3) is 10.0 Å². The molecule has 0 unspecified atom stereocenters. The van der Waals surface area contributed by atoms with Crippen molar-refractivity contribution in [3.63, 3.8) is 0 Å². The van der Waals surface area contributed by atoms with Gasteiger partial charge in [-0.3, -0.25) is 9.52 Å². The topological polar surface area (TPSA) is 138 Å². The van der Waals surface area contributed by atoms with Crippen molar-refractivity contribution in [2.24, 2.45) is 0 Å². The summed E-state index contributed by atoms with van der Waals surface area (Å²) in [5, 5.41) is 20.0. The van der Waals surface area contributed by atoms with Gasteiger partial charge in [0, 0.05) is 23.6 Å². The van der Waals surface area contributed by atoms with E-state index in [1.807, 2.05) is 6.07 Å². The van der Waals surface area contributed by atoms with Gasteiger partial charge in [-0.1, -0.05) is 24.9 Å². The monoisotopic (exact) mass is 516 g/mol. The Morgan fingerprint density at radius 1 is 1.12 bits per heavy atom. The van der Waals surface area contributed by atoms with E-state index in [0.717, 1.165) is 18.5 Å². The average Bonchev–Trinajstić information content (AvgIpc) is 2.81. The SMILES string of the molecule is CCCc1ccc(C#N)c(SCCC(=O)Nc2ccc(S(=O)(=O)Nc3ccc(Cl)nn3)cc2)n1. The maximum atomic E-state index is 12.5. The number of hydrogen-bond acceptors (Lipinski definition) is 8. The zero-order chi connectivity index (χ0) is 24.6. The van der Waals surface area contributed by atoms with Crippen LogP contribution in [0.15, 0.2) is 58.5 Å². The number of nitriles is 1. The number of nitrogens with zero attached hydrogens (tertiary/aromatic N) is 4. The number of benzene rings is 1. The summed E-state index contributed by atoms with van der Waals surface area (Å²) >= 11 is 7.01. The predicted molar refractivity (Wildman–Crippen MR) is 131 cm³/mol. The van der Waals surface area contributed by atoms with Crippen molar-refractivity contribution in [1.29, 1.82) is 5.26 Å². The minimum Gasteiger partial charge on any atom is -0.326 e. The van der Waals surface area contributed by atoms with Gasteiger partial charge in [0.1, 0.15) is 11.1 Å². The number of halogens is 1. The van der Waals surface area contributed by atoms with Gasteiger partial charge in [0.2, 0.25) is 5.91 Å². The molecule has 0 spiro atoms. The molecule has 2 aromatic heterocycles. The third-order valence-electron chi connectivity index (χ3n) is 4.43. The number of pyridine rings is 1. The van der Waals surface area contributed by atoms with Crippen LogP contribution in [0.5, 0.6) is 0 Å². The van der Waals surface area contributed by atoms with Crippen LogP contribution >= 0.6 is 23.4 Å². The molecular weight excluding hydrogens is 496 g/mol. The fourth-order valence-corrected chi connectivity index (χ4v) is 4.85. The normalized spacial score (nSPS) is 11.0. The van der Waals surface area contributed by atoms with Crippen LogP contribution in [0.2, 0.25) is 5.15 Å². The van der Waals surface area contributed by atoms with Gasteiger partial charge in [-0.15, -0.1) is 22.0 Å². The second-order valence-corrected chi connectivity index (χ2v) is 10.2. The number of sulfonamides is 1. The number of nitrogens with one attached hydrogen (secondary N) is 2. The Kier molecular flexibility index (Phi) is 8.81. The van der Waals surface area contributed by atoms with E-state index >= 15 is 0 Å². The van der Waals surface area contributed by atoms with Crippen molar-refractivity contribution in [2.45, 2.75) is 36.1 Å². The van der Waals surface area contributed by atoms with Crippen molar-refractivity contribution < 1.29 is 13.2 Å². The predicted octanol–water partition coefficient (Wildman–Crippen LogP) is 4.27. The average molecular weight is 517 g/mol. The Bertz CT molecular complexity index is 1290.